The summed E-state index contributed by atoms with van der Waals surface area (Å²) in [6.07, 6.45) is -2.73. The fourth-order valence-corrected chi connectivity index (χ4v) is 4.74. The summed E-state index contributed by atoms with van der Waals surface area (Å²) in [5.41, 5.74) is 1.48. The highest BCUT2D eigenvalue weighted by Crippen LogP contribution is 2.34. The van der Waals surface area contributed by atoms with Gasteiger partial charge in [0.25, 0.3) is 0 Å². The summed E-state index contributed by atoms with van der Waals surface area (Å²) in [6.45, 7) is 1.18. The van der Waals surface area contributed by atoms with Crippen molar-refractivity contribution in [3.8, 4) is 5.69 Å². The number of nitrogens with zero attached hydrogens (tertiary/aromatic N) is 3. The van der Waals surface area contributed by atoms with Gasteiger partial charge < -0.3 is 9.67 Å². The lowest BCUT2D eigenvalue weighted by molar-refractivity contribution is -0.137. The van der Waals surface area contributed by atoms with Crippen molar-refractivity contribution in [2.45, 2.75) is 24.0 Å². The largest absolute Gasteiger partial charge is 0.416 e. The molecule has 164 valence electrons. The van der Waals surface area contributed by atoms with Gasteiger partial charge in [0.05, 0.1) is 28.1 Å². The Balaban J connectivity index is 1.91. The Hall–Kier alpha value is -2.89. The molecule has 0 aliphatic heterocycles. The van der Waals surface area contributed by atoms with Gasteiger partial charge in [-0.1, -0.05) is 0 Å². The smallest absolute Gasteiger partial charge is 0.395 e. The maximum absolute atomic E-state index is 12.9. The van der Waals surface area contributed by atoms with Crippen LogP contribution in [0.2, 0.25) is 0 Å². The van der Waals surface area contributed by atoms with Gasteiger partial charge in [-0.05, 0) is 49.4 Å². The van der Waals surface area contributed by atoms with Crippen LogP contribution in [-0.4, -0.2) is 40.5 Å². The second-order valence-electron chi connectivity index (χ2n) is 7.30. The lowest BCUT2D eigenvalue weighted by atomic mass is 10.2. The highest BCUT2D eigenvalue weighted by Gasteiger charge is 2.30. The summed E-state index contributed by atoms with van der Waals surface area (Å²) in [5, 5.41) is 14.1. The maximum atomic E-state index is 12.9. The number of aromatic nitrogens is 3. The van der Waals surface area contributed by atoms with Crippen LogP contribution in [0, 0.1) is 0 Å². The maximum Gasteiger partial charge on any atom is 0.416 e. The predicted octanol–water partition coefficient (Wildman–Crippen LogP) is 3.20. The van der Waals surface area contributed by atoms with Crippen molar-refractivity contribution in [2.24, 2.45) is 7.05 Å². The van der Waals surface area contributed by atoms with Gasteiger partial charge in [-0.25, -0.2) is 13.1 Å². The van der Waals surface area contributed by atoms with Gasteiger partial charge in [0, 0.05) is 30.4 Å². The molecule has 2 heterocycles. The number of sulfonamides is 1. The van der Waals surface area contributed by atoms with E-state index >= 15 is 0 Å². The average Bonchev–Trinajstić information content (AvgIpc) is 3.21. The predicted molar refractivity (Wildman–Crippen MR) is 109 cm³/mol. The third kappa shape index (κ3) is 3.80. The minimum Gasteiger partial charge on any atom is -0.395 e. The molecule has 0 fully saturated rings. The molecule has 4 rings (SSSR count). The van der Waals surface area contributed by atoms with Gasteiger partial charge in [0.1, 0.15) is 5.52 Å². The zero-order valence-electron chi connectivity index (χ0n) is 16.6. The summed E-state index contributed by atoms with van der Waals surface area (Å²) in [4.78, 5) is -0.00239. The molecular formula is C20H19F3N4O3S. The molecule has 11 heteroatoms. The summed E-state index contributed by atoms with van der Waals surface area (Å²) < 4.78 is 69.8. The van der Waals surface area contributed by atoms with E-state index in [0.29, 0.717) is 27.6 Å². The van der Waals surface area contributed by atoms with Gasteiger partial charge in [0.2, 0.25) is 10.0 Å². The number of alkyl halides is 3. The molecule has 2 N–H and O–H groups in total. The third-order valence-corrected chi connectivity index (χ3v) is 6.49. The number of hydrogen-bond donors (Lipinski definition) is 2. The number of benzene rings is 2. The first-order valence-electron chi connectivity index (χ1n) is 9.30. The van der Waals surface area contributed by atoms with E-state index in [4.69, 9.17) is 5.11 Å². The molecule has 7 nitrogen and oxygen atoms in total. The molecular weight excluding hydrogens is 433 g/mol. The number of halogens is 3. The van der Waals surface area contributed by atoms with E-state index in [1.165, 1.54) is 31.2 Å². The topological polar surface area (TPSA) is 89.2 Å². The van der Waals surface area contributed by atoms with E-state index in [2.05, 4.69) is 9.82 Å². The van der Waals surface area contributed by atoms with E-state index in [-0.39, 0.29) is 11.5 Å². The number of fused-ring (bicyclic) bond motifs is 3. The number of aryl methyl sites for hydroxylation is 1. The molecule has 0 saturated carbocycles. The first-order chi connectivity index (χ1) is 14.5. The summed E-state index contributed by atoms with van der Waals surface area (Å²) in [6, 6.07) is 8.55. The summed E-state index contributed by atoms with van der Waals surface area (Å²) in [5.74, 6) is 0. The van der Waals surface area contributed by atoms with Crippen LogP contribution in [0.15, 0.2) is 53.6 Å². The van der Waals surface area contributed by atoms with Gasteiger partial charge in [-0.3, -0.25) is 4.68 Å². The molecule has 0 aliphatic carbocycles. The number of rotatable bonds is 5. The zero-order chi connectivity index (χ0) is 22.6. The molecule has 1 atom stereocenters. The van der Waals surface area contributed by atoms with E-state index in [0.717, 1.165) is 12.1 Å². The molecule has 0 aliphatic rings. The summed E-state index contributed by atoms with van der Waals surface area (Å²) in [7, 11) is -2.18. The fourth-order valence-electron chi connectivity index (χ4n) is 3.48. The van der Waals surface area contributed by atoms with Gasteiger partial charge in [-0.15, -0.1) is 0 Å². The van der Waals surface area contributed by atoms with Crippen LogP contribution in [0.3, 0.4) is 0 Å². The SMILES string of the molecule is C[C@H](CO)NS(=O)(=O)c1ccc2c(c1)c1nn(C)cc1n2-c1ccc(C(F)(F)F)cc1. The van der Waals surface area contributed by atoms with Crippen LogP contribution in [0.1, 0.15) is 12.5 Å². The number of hydrogen-bond acceptors (Lipinski definition) is 4. The Kier molecular flexibility index (Phi) is 5.07. The van der Waals surface area contributed by atoms with Crippen molar-refractivity contribution in [3.63, 3.8) is 0 Å². The van der Waals surface area contributed by atoms with Crippen molar-refractivity contribution >= 4 is 32.0 Å². The molecule has 0 unspecified atom stereocenters. The Labute approximate surface area is 175 Å². The van der Waals surface area contributed by atoms with Crippen LogP contribution in [0.5, 0.6) is 0 Å². The van der Waals surface area contributed by atoms with Crippen LogP contribution in [0.4, 0.5) is 13.2 Å². The first kappa shape index (κ1) is 21.3. The summed E-state index contributed by atoms with van der Waals surface area (Å²) >= 11 is 0. The quantitative estimate of drug-likeness (QED) is 0.487. The third-order valence-electron chi connectivity index (χ3n) is 4.91. The average molecular weight is 452 g/mol. The molecule has 4 aromatic rings. The normalized spacial score (nSPS) is 13.9. The van der Waals surface area contributed by atoms with Crippen LogP contribution in [0.25, 0.3) is 27.6 Å². The van der Waals surface area contributed by atoms with Gasteiger partial charge in [0.15, 0.2) is 0 Å². The van der Waals surface area contributed by atoms with Crippen molar-refractivity contribution in [2.75, 3.05) is 6.61 Å². The molecule has 0 radical (unpaired) electrons. The molecule has 31 heavy (non-hydrogen) atoms. The van der Waals surface area contributed by atoms with Crippen molar-refractivity contribution in [3.05, 3.63) is 54.2 Å². The lowest BCUT2D eigenvalue weighted by Crippen LogP contribution is -2.34. The van der Waals surface area contributed by atoms with Crippen molar-refractivity contribution < 1.29 is 26.7 Å². The number of aliphatic hydroxyl groups is 1. The Morgan fingerprint density at radius 2 is 1.81 bits per heavy atom. The van der Waals surface area contributed by atoms with Crippen molar-refractivity contribution in [1.82, 2.24) is 19.1 Å². The van der Waals surface area contributed by atoms with Gasteiger partial charge >= 0.3 is 6.18 Å². The van der Waals surface area contributed by atoms with Crippen LogP contribution in [-0.2, 0) is 23.2 Å². The van der Waals surface area contributed by atoms with Crippen LogP contribution >= 0.6 is 0 Å². The second-order valence-corrected chi connectivity index (χ2v) is 9.01. The monoisotopic (exact) mass is 452 g/mol. The Morgan fingerprint density at radius 3 is 2.42 bits per heavy atom. The molecule has 0 bridgehead atoms. The fraction of sp³-hybridized carbons (Fsp3) is 0.250. The molecule has 2 aromatic carbocycles. The van der Waals surface area contributed by atoms with Crippen LogP contribution < -0.4 is 4.72 Å². The minimum atomic E-state index is -4.44. The standard InChI is InChI=1S/C20H19F3N4O3S/c1-12(11-28)25-31(29,30)15-7-8-17-16(9-15)19-18(10-26(2)24-19)27(17)14-5-3-13(4-6-14)20(21,22)23/h3-10,12,25,28H,11H2,1-2H3/t12-/m1/s1. The van der Waals surface area contributed by atoms with E-state index < -0.39 is 27.8 Å². The second kappa shape index (κ2) is 7.36. The molecule has 2 aromatic heterocycles. The Bertz CT molecular complexity index is 1370. The highest BCUT2D eigenvalue weighted by molar-refractivity contribution is 7.89. The number of nitrogens with one attached hydrogen (secondary N) is 1. The van der Waals surface area contributed by atoms with E-state index in [9.17, 15) is 21.6 Å². The lowest BCUT2D eigenvalue weighted by Gasteiger charge is -2.12. The molecule has 0 spiro atoms. The van der Waals surface area contributed by atoms with E-state index in [1.54, 1.807) is 28.6 Å². The Morgan fingerprint density at radius 1 is 1.13 bits per heavy atom. The van der Waals surface area contributed by atoms with Gasteiger partial charge in [-0.2, -0.15) is 18.3 Å². The minimum absolute atomic E-state index is 0.00239. The number of aliphatic hydroxyl groups excluding tert-OH is 1. The molecule has 0 saturated heterocycles. The highest BCUT2D eigenvalue weighted by atomic mass is 32.2. The van der Waals surface area contributed by atoms with E-state index in [1.807, 2.05) is 0 Å². The van der Waals surface area contributed by atoms with Crippen molar-refractivity contribution in [1.29, 1.82) is 0 Å². The molecule has 0 amide bonds. The first-order valence-corrected chi connectivity index (χ1v) is 10.8. The zero-order valence-corrected chi connectivity index (χ0v) is 17.4.